The molecule has 15 heavy (non-hydrogen) atoms. The van der Waals surface area contributed by atoms with Gasteiger partial charge in [0.25, 0.3) is 0 Å². The first kappa shape index (κ1) is 10.1. The van der Waals surface area contributed by atoms with Crippen LogP contribution in [-0.4, -0.2) is 17.3 Å². The molecule has 0 saturated heterocycles. The lowest BCUT2D eigenvalue weighted by Gasteiger charge is -2.17. The molecule has 2 rings (SSSR count). The van der Waals surface area contributed by atoms with Crippen LogP contribution in [0.2, 0.25) is 5.02 Å². The fraction of sp³-hybridized carbons (Fsp3) is 0.182. The molecule has 0 heterocycles. The molecule has 1 atom stereocenters. The summed E-state index contributed by atoms with van der Waals surface area (Å²) in [7, 11) is 0. The molecule has 3 nitrogen and oxygen atoms in total. The van der Waals surface area contributed by atoms with Gasteiger partial charge >= 0.3 is 0 Å². The second kappa shape index (κ2) is 3.28. The van der Waals surface area contributed by atoms with Crippen molar-refractivity contribution in [3.63, 3.8) is 0 Å². The van der Waals surface area contributed by atoms with E-state index in [1.165, 1.54) is 25.1 Å². The van der Waals surface area contributed by atoms with Crippen LogP contribution in [0, 0.1) is 5.92 Å². The first-order chi connectivity index (χ1) is 7.02. The van der Waals surface area contributed by atoms with E-state index in [2.05, 4.69) is 0 Å². The summed E-state index contributed by atoms with van der Waals surface area (Å²) < 4.78 is 0. The molecule has 0 bridgehead atoms. The third kappa shape index (κ3) is 1.39. The molecule has 0 aromatic heterocycles. The van der Waals surface area contributed by atoms with Crippen LogP contribution in [0.4, 0.5) is 0 Å². The van der Waals surface area contributed by atoms with E-state index in [4.69, 9.17) is 11.6 Å². The Hall–Kier alpha value is -1.48. The molecule has 4 heteroatoms. The van der Waals surface area contributed by atoms with E-state index in [1.807, 2.05) is 0 Å². The lowest BCUT2D eigenvalue weighted by molar-refractivity contribution is -0.117. The molecule has 1 aliphatic carbocycles. The van der Waals surface area contributed by atoms with Crippen molar-refractivity contribution in [3.8, 4) is 0 Å². The average molecular weight is 223 g/mol. The van der Waals surface area contributed by atoms with Gasteiger partial charge in [0.05, 0.1) is 5.92 Å². The predicted octanol–water partition coefficient (Wildman–Crippen LogP) is 1.92. The van der Waals surface area contributed by atoms with Crippen molar-refractivity contribution in [1.29, 1.82) is 0 Å². The van der Waals surface area contributed by atoms with Gasteiger partial charge in [0.2, 0.25) is 11.6 Å². The maximum absolute atomic E-state index is 11.7. The van der Waals surface area contributed by atoms with E-state index >= 15 is 0 Å². The topological polar surface area (TPSA) is 51.2 Å². The molecule has 1 unspecified atom stereocenters. The Morgan fingerprint density at radius 3 is 2.40 bits per heavy atom. The van der Waals surface area contributed by atoms with Crippen molar-refractivity contribution >= 4 is 29.0 Å². The summed E-state index contributed by atoms with van der Waals surface area (Å²) in [6.45, 7) is 1.44. The summed E-state index contributed by atoms with van der Waals surface area (Å²) in [5.41, 5.74) is 0.409. The van der Waals surface area contributed by atoms with Crippen molar-refractivity contribution < 1.29 is 14.4 Å². The highest BCUT2D eigenvalue weighted by Crippen LogP contribution is 2.25. The number of fused-ring (bicyclic) bond motifs is 1. The van der Waals surface area contributed by atoms with E-state index in [-0.39, 0.29) is 16.9 Å². The lowest BCUT2D eigenvalue weighted by atomic mass is 9.82. The van der Waals surface area contributed by atoms with E-state index in [0.717, 1.165) is 0 Å². The van der Waals surface area contributed by atoms with Crippen molar-refractivity contribution in [2.24, 2.45) is 5.92 Å². The minimum absolute atomic E-state index is 0.160. The van der Waals surface area contributed by atoms with E-state index < -0.39 is 17.5 Å². The minimum atomic E-state index is -0.886. The first-order valence-corrected chi connectivity index (χ1v) is 4.82. The third-order valence-electron chi connectivity index (χ3n) is 2.50. The molecule has 0 spiro atoms. The van der Waals surface area contributed by atoms with Gasteiger partial charge in [-0.3, -0.25) is 14.4 Å². The Balaban J connectivity index is 2.69. The number of carbonyl (C=O) groups is 3. The molecule has 0 radical (unpaired) electrons. The zero-order chi connectivity index (χ0) is 11.2. The number of rotatable bonds is 0. The fourth-order valence-electron chi connectivity index (χ4n) is 1.60. The molecule has 1 aromatic rings. The van der Waals surface area contributed by atoms with Crippen LogP contribution in [0.15, 0.2) is 18.2 Å². The van der Waals surface area contributed by atoms with Crippen LogP contribution < -0.4 is 0 Å². The highest BCUT2D eigenvalue weighted by molar-refractivity contribution is 6.51. The van der Waals surface area contributed by atoms with E-state index in [1.54, 1.807) is 0 Å². The molecular weight excluding hydrogens is 216 g/mol. The van der Waals surface area contributed by atoms with Gasteiger partial charge in [0.1, 0.15) is 0 Å². The van der Waals surface area contributed by atoms with Gasteiger partial charge in [-0.25, -0.2) is 0 Å². The number of halogens is 1. The second-order valence-corrected chi connectivity index (χ2v) is 3.91. The third-order valence-corrected chi connectivity index (χ3v) is 2.74. The van der Waals surface area contributed by atoms with Crippen LogP contribution in [-0.2, 0) is 4.79 Å². The number of hydrogen-bond acceptors (Lipinski definition) is 3. The average Bonchev–Trinajstić information content (AvgIpc) is 2.23. The van der Waals surface area contributed by atoms with Gasteiger partial charge in [-0.1, -0.05) is 11.6 Å². The molecule has 0 saturated carbocycles. The molecule has 1 aromatic carbocycles. The summed E-state index contributed by atoms with van der Waals surface area (Å²) in [5, 5.41) is 0.386. The summed E-state index contributed by atoms with van der Waals surface area (Å²) in [6, 6.07) is 4.34. The zero-order valence-corrected chi connectivity index (χ0v) is 8.67. The number of benzene rings is 1. The maximum atomic E-state index is 11.7. The minimum Gasteiger partial charge on any atom is -0.293 e. The smallest absolute Gasteiger partial charge is 0.230 e. The Kier molecular flexibility index (Phi) is 2.20. The van der Waals surface area contributed by atoms with Gasteiger partial charge in [-0.05, 0) is 25.1 Å². The second-order valence-electron chi connectivity index (χ2n) is 3.47. The number of ketones is 3. The SMILES string of the molecule is CC1C(=O)C(=O)c2ccc(Cl)cc2C1=O. The van der Waals surface area contributed by atoms with Crippen LogP contribution in [0.5, 0.6) is 0 Å². The number of Topliss-reactive ketones (excluding diaryl/α,β-unsaturated/α-hetero) is 3. The van der Waals surface area contributed by atoms with Crippen molar-refractivity contribution in [2.45, 2.75) is 6.92 Å². The molecule has 76 valence electrons. The Labute approximate surface area is 91.0 Å². The van der Waals surface area contributed by atoms with Crippen molar-refractivity contribution in [2.75, 3.05) is 0 Å². The van der Waals surface area contributed by atoms with Crippen molar-refractivity contribution in [3.05, 3.63) is 34.3 Å². The molecule has 0 N–H and O–H groups in total. The van der Waals surface area contributed by atoms with Gasteiger partial charge in [-0.15, -0.1) is 0 Å². The van der Waals surface area contributed by atoms with Crippen molar-refractivity contribution in [1.82, 2.24) is 0 Å². The van der Waals surface area contributed by atoms with Gasteiger partial charge < -0.3 is 0 Å². The summed E-state index contributed by atoms with van der Waals surface area (Å²) in [5.74, 6) is -2.47. The number of hydrogen-bond donors (Lipinski definition) is 0. The summed E-state index contributed by atoms with van der Waals surface area (Å²) in [4.78, 5) is 34.6. The predicted molar refractivity (Wildman–Crippen MR) is 54.3 cm³/mol. The lowest BCUT2D eigenvalue weighted by Crippen LogP contribution is -2.35. The fourth-order valence-corrected chi connectivity index (χ4v) is 1.77. The Morgan fingerprint density at radius 2 is 1.73 bits per heavy atom. The van der Waals surface area contributed by atoms with Crippen LogP contribution in [0.25, 0.3) is 0 Å². The molecule has 0 fully saturated rings. The standard InChI is InChI=1S/C11H7ClO3/c1-5-9(13)8-4-6(12)2-3-7(8)11(15)10(5)14/h2-5H,1H3. The summed E-state index contributed by atoms with van der Waals surface area (Å²) >= 11 is 5.73. The van der Waals surface area contributed by atoms with Crippen LogP contribution in [0.3, 0.4) is 0 Å². The first-order valence-electron chi connectivity index (χ1n) is 4.44. The van der Waals surface area contributed by atoms with Gasteiger partial charge in [-0.2, -0.15) is 0 Å². The van der Waals surface area contributed by atoms with Crippen LogP contribution in [0.1, 0.15) is 27.6 Å². The highest BCUT2D eigenvalue weighted by atomic mass is 35.5. The Bertz CT molecular complexity index is 491. The zero-order valence-electron chi connectivity index (χ0n) is 7.91. The van der Waals surface area contributed by atoms with E-state index in [9.17, 15) is 14.4 Å². The monoisotopic (exact) mass is 222 g/mol. The Morgan fingerprint density at radius 1 is 1.07 bits per heavy atom. The number of carbonyl (C=O) groups excluding carboxylic acids is 3. The summed E-state index contributed by atoms with van der Waals surface area (Å²) in [6.07, 6.45) is 0. The van der Waals surface area contributed by atoms with Crippen LogP contribution >= 0.6 is 11.6 Å². The molecule has 1 aliphatic rings. The highest BCUT2D eigenvalue weighted by Gasteiger charge is 2.37. The van der Waals surface area contributed by atoms with E-state index in [0.29, 0.717) is 5.02 Å². The molecule has 0 aliphatic heterocycles. The maximum Gasteiger partial charge on any atom is 0.230 e. The van der Waals surface area contributed by atoms with Gasteiger partial charge in [0, 0.05) is 16.1 Å². The quantitative estimate of drug-likeness (QED) is 0.498. The normalized spacial score (nSPS) is 20.4. The molecule has 0 amide bonds. The van der Waals surface area contributed by atoms with Gasteiger partial charge in [0.15, 0.2) is 5.78 Å². The largest absolute Gasteiger partial charge is 0.293 e. The molecular formula is C11H7ClO3.